The van der Waals surface area contributed by atoms with Crippen LogP contribution in [0.5, 0.6) is 5.75 Å². The van der Waals surface area contributed by atoms with E-state index in [1.165, 1.54) is 6.54 Å². The van der Waals surface area contributed by atoms with Gasteiger partial charge < -0.3 is 14.5 Å². The van der Waals surface area contributed by atoms with Crippen molar-refractivity contribution in [3.05, 3.63) is 77.9 Å². The smallest absolute Gasteiger partial charge is 0.253 e. The topological polar surface area (TPSA) is 32.8 Å². The van der Waals surface area contributed by atoms with Crippen molar-refractivity contribution in [3.8, 4) is 5.75 Å². The predicted octanol–water partition coefficient (Wildman–Crippen LogP) is 5.61. The Morgan fingerprint density at radius 1 is 1.00 bits per heavy atom. The van der Waals surface area contributed by atoms with Crippen molar-refractivity contribution >= 4 is 16.7 Å². The highest BCUT2D eigenvalue weighted by Crippen LogP contribution is 2.25. The third-order valence-corrected chi connectivity index (χ3v) is 6.13. The van der Waals surface area contributed by atoms with E-state index in [2.05, 4.69) is 30.9 Å². The van der Waals surface area contributed by atoms with E-state index in [-0.39, 0.29) is 12.0 Å². The van der Waals surface area contributed by atoms with Gasteiger partial charge in [-0.2, -0.15) is 0 Å². The average Bonchev–Trinajstić information content (AvgIpc) is 2.80. The van der Waals surface area contributed by atoms with Crippen molar-refractivity contribution < 1.29 is 9.53 Å². The number of likely N-dealkylation sites (tertiary alicyclic amines) is 1. The number of fused-ring (bicyclic) bond motifs is 1. The molecule has 1 fully saturated rings. The molecule has 0 aromatic heterocycles. The molecule has 0 saturated carbocycles. The molecule has 1 aliphatic rings. The molecule has 1 amide bonds. The van der Waals surface area contributed by atoms with Crippen LogP contribution in [0.4, 0.5) is 0 Å². The first-order valence-electron chi connectivity index (χ1n) is 11.7. The fraction of sp³-hybridized carbons (Fsp3) is 0.393. The molecular weight excluding hydrogens is 396 g/mol. The van der Waals surface area contributed by atoms with Crippen molar-refractivity contribution in [2.45, 2.75) is 39.3 Å². The summed E-state index contributed by atoms with van der Waals surface area (Å²) in [6.07, 6.45) is 2.43. The molecule has 0 radical (unpaired) electrons. The van der Waals surface area contributed by atoms with Gasteiger partial charge in [0.25, 0.3) is 5.91 Å². The summed E-state index contributed by atoms with van der Waals surface area (Å²) in [5.74, 6) is 1.66. The molecule has 3 aromatic rings. The minimum atomic E-state index is 0.0317. The molecule has 4 heteroatoms. The molecule has 0 N–H and O–H groups in total. The van der Waals surface area contributed by atoms with Gasteiger partial charge in [0.1, 0.15) is 11.9 Å². The third-order valence-electron chi connectivity index (χ3n) is 6.13. The predicted molar refractivity (Wildman–Crippen MR) is 131 cm³/mol. The van der Waals surface area contributed by atoms with Gasteiger partial charge in [-0.05, 0) is 59.4 Å². The number of ether oxygens (including phenoxy) is 1. The second-order valence-electron chi connectivity index (χ2n) is 9.38. The quantitative estimate of drug-likeness (QED) is 0.488. The van der Waals surface area contributed by atoms with Gasteiger partial charge in [0.15, 0.2) is 0 Å². The van der Waals surface area contributed by atoms with E-state index < -0.39 is 0 Å². The van der Waals surface area contributed by atoms with Crippen LogP contribution >= 0.6 is 0 Å². The number of rotatable bonds is 7. The van der Waals surface area contributed by atoms with Crippen molar-refractivity contribution in [2.75, 3.05) is 26.7 Å². The van der Waals surface area contributed by atoms with Crippen LogP contribution in [0.1, 0.15) is 42.6 Å². The molecule has 1 aliphatic heterocycles. The van der Waals surface area contributed by atoms with E-state index in [0.29, 0.717) is 18.0 Å². The molecule has 0 atom stereocenters. The van der Waals surface area contributed by atoms with Crippen LogP contribution in [0.3, 0.4) is 0 Å². The summed E-state index contributed by atoms with van der Waals surface area (Å²) in [5.41, 5.74) is 1.84. The highest BCUT2D eigenvalue weighted by atomic mass is 16.5. The normalized spacial score (nSPS) is 15.2. The van der Waals surface area contributed by atoms with E-state index in [0.717, 1.165) is 48.0 Å². The number of nitrogens with zero attached hydrogens (tertiary/aromatic N) is 2. The molecular formula is C28H34N2O2. The van der Waals surface area contributed by atoms with Gasteiger partial charge in [-0.25, -0.2) is 0 Å². The summed E-state index contributed by atoms with van der Waals surface area (Å²) >= 11 is 0. The first-order chi connectivity index (χ1) is 15.5. The lowest BCUT2D eigenvalue weighted by molar-refractivity contribution is 0.0785. The second-order valence-corrected chi connectivity index (χ2v) is 9.38. The summed E-state index contributed by atoms with van der Waals surface area (Å²) in [4.78, 5) is 17.2. The standard InChI is InChI=1S/C28H34N2O2/c1-21(2)19-30-15-13-26(14-16-30)32-27-12-11-23-17-25(10-9-24(23)18-27)28(31)29(3)20-22-7-5-4-6-8-22/h4-12,17-18,21,26H,13-16,19-20H2,1-3H3. The number of piperidine rings is 1. The minimum Gasteiger partial charge on any atom is -0.490 e. The van der Waals surface area contributed by atoms with Gasteiger partial charge >= 0.3 is 0 Å². The molecule has 4 nitrogen and oxygen atoms in total. The first kappa shape index (κ1) is 22.3. The largest absolute Gasteiger partial charge is 0.490 e. The van der Waals surface area contributed by atoms with Crippen LogP contribution in [0.25, 0.3) is 10.8 Å². The molecule has 0 unspecified atom stereocenters. The summed E-state index contributed by atoms with van der Waals surface area (Å²) in [6.45, 7) is 8.54. The summed E-state index contributed by atoms with van der Waals surface area (Å²) in [6, 6.07) is 22.2. The molecule has 0 spiro atoms. The SMILES string of the molecule is CC(C)CN1CCC(Oc2ccc3cc(C(=O)N(C)Cc4ccccc4)ccc3c2)CC1. The average molecular weight is 431 g/mol. The molecule has 1 saturated heterocycles. The van der Waals surface area contributed by atoms with E-state index in [4.69, 9.17) is 4.74 Å². The van der Waals surface area contributed by atoms with Gasteiger partial charge in [-0.1, -0.05) is 56.3 Å². The Labute approximate surface area is 191 Å². The van der Waals surface area contributed by atoms with Gasteiger partial charge in [0.2, 0.25) is 0 Å². The van der Waals surface area contributed by atoms with Crippen LogP contribution in [0.15, 0.2) is 66.7 Å². The van der Waals surface area contributed by atoms with Gasteiger partial charge in [-0.15, -0.1) is 0 Å². The lowest BCUT2D eigenvalue weighted by Crippen LogP contribution is -2.39. The molecule has 3 aromatic carbocycles. The molecule has 32 heavy (non-hydrogen) atoms. The maximum absolute atomic E-state index is 12.9. The Morgan fingerprint density at radius 3 is 2.41 bits per heavy atom. The van der Waals surface area contributed by atoms with Crippen molar-refractivity contribution in [1.29, 1.82) is 0 Å². The summed E-state index contributed by atoms with van der Waals surface area (Å²) < 4.78 is 6.30. The zero-order valence-electron chi connectivity index (χ0n) is 19.5. The van der Waals surface area contributed by atoms with Crippen LogP contribution in [0.2, 0.25) is 0 Å². The molecule has 1 heterocycles. The van der Waals surface area contributed by atoms with Crippen LogP contribution < -0.4 is 4.74 Å². The molecule has 0 aliphatic carbocycles. The molecule has 168 valence electrons. The van der Waals surface area contributed by atoms with Gasteiger partial charge in [-0.3, -0.25) is 4.79 Å². The Morgan fingerprint density at radius 2 is 1.69 bits per heavy atom. The lowest BCUT2D eigenvalue weighted by atomic mass is 10.0. The first-order valence-corrected chi connectivity index (χ1v) is 11.7. The zero-order chi connectivity index (χ0) is 22.5. The fourth-order valence-electron chi connectivity index (χ4n) is 4.50. The van der Waals surface area contributed by atoms with Crippen molar-refractivity contribution in [2.24, 2.45) is 5.92 Å². The Kier molecular flexibility index (Phi) is 7.11. The van der Waals surface area contributed by atoms with E-state index >= 15 is 0 Å². The number of benzene rings is 3. The zero-order valence-corrected chi connectivity index (χ0v) is 19.5. The fourth-order valence-corrected chi connectivity index (χ4v) is 4.50. The lowest BCUT2D eigenvalue weighted by Gasteiger charge is -2.33. The minimum absolute atomic E-state index is 0.0317. The maximum atomic E-state index is 12.9. The van der Waals surface area contributed by atoms with E-state index in [1.807, 2.05) is 61.6 Å². The van der Waals surface area contributed by atoms with Crippen molar-refractivity contribution in [3.63, 3.8) is 0 Å². The number of carbonyl (C=O) groups excluding carboxylic acids is 1. The van der Waals surface area contributed by atoms with Gasteiger partial charge in [0, 0.05) is 38.8 Å². The third kappa shape index (κ3) is 5.68. The summed E-state index contributed by atoms with van der Waals surface area (Å²) in [7, 11) is 1.85. The number of hydrogen-bond donors (Lipinski definition) is 0. The Bertz CT molecular complexity index is 1040. The highest BCUT2D eigenvalue weighted by Gasteiger charge is 2.21. The van der Waals surface area contributed by atoms with Crippen LogP contribution in [0, 0.1) is 5.92 Å². The van der Waals surface area contributed by atoms with E-state index in [1.54, 1.807) is 4.90 Å². The molecule has 0 bridgehead atoms. The number of amides is 1. The Balaban J connectivity index is 1.38. The highest BCUT2D eigenvalue weighted by molar-refractivity contribution is 5.98. The summed E-state index contributed by atoms with van der Waals surface area (Å²) in [5, 5.41) is 2.16. The van der Waals surface area contributed by atoms with Gasteiger partial charge in [0.05, 0.1) is 0 Å². The number of hydrogen-bond acceptors (Lipinski definition) is 3. The number of carbonyl (C=O) groups is 1. The Hall–Kier alpha value is -2.85. The van der Waals surface area contributed by atoms with E-state index in [9.17, 15) is 4.79 Å². The second kappa shape index (κ2) is 10.2. The molecule has 4 rings (SSSR count). The van der Waals surface area contributed by atoms with Crippen molar-refractivity contribution in [1.82, 2.24) is 9.80 Å². The maximum Gasteiger partial charge on any atom is 0.253 e. The van der Waals surface area contributed by atoms with Crippen LogP contribution in [-0.4, -0.2) is 48.5 Å². The van der Waals surface area contributed by atoms with Crippen LogP contribution in [-0.2, 0) is 6.54 Å². The monoisotopic (exact) mass is 430 g/mol.